The van der Waals surface area contributed by atoms with Crippen LogP contribution in [0.15, 0.2) is 12.7 Å². The van der Waals surface area contributed by atoms with Gasteiger partial charge in [0.1, 0.15) is 6.61 Å². The Morgan fingerprint density at radius 2 is 2.23 bits per heavy atom. The minimum absolute atomic E-state index is 0.202. The van der Waals surface area contributed by atoms with Crippen molar-refractivity contribution >= 4 is 6.09 Å². The summed E-state index contributed by atoms with van der Waals surface area (Å²) in [5, 5.41) is 0. The fourth-order valence-electron chi connectivity index (χ4n) is 1.41. The first kappa shape index (κ1) is 10.1. The molecule has 1 aliphatic heterocycles. The lowest BCUT2D eigenvalue weighted by Crippen LogP contribution is -2.38. The number of carbonyl (C=O) groups excluding carboxylic acids is 1. The van der Waals surface area contributed by atoms with Crippen molar-refractivity contribution < 1.29 is 9.53 Å². The maximum atomic E-state index is 11.3. The van der Waals surface area contributed by atoms with Crippen LogP contribution in [0, 0.1) is 5.92 Å². The molecule has 0 atom stereocenters. The van der Waals surface area contributed by atoms with E-state index in [4.69, 9.17) is 4.74 Å². The van der Waals surface area contributed by atoms with Crippen molar-refractivity contribution in [3.8, 4) is 0 Å². The van der Waals surface area contributed by atoms with Crippen LogP contribution in [0.25, 0.3) is 0 Å². The Bertz CT molecular complexity index is 183. The minimum Gasteiger partial charge on any atom is -0.445 e. The molecule has 0 aromatic rings. The first-order valence-corrected chi connectivity index (χ1v) is 4.76. The maximum absolute atomic E-state index is 11.3. The van der Waals surface area contributed by atoms with E-state index in [1.807, 2.05) is 0 Å². The summed E-state index contributed by atoms with van der Waals surface area (Å²) < 4.78 is 4.93. The maximum Gasteiger partial charge on any atom is 0.410 e. The van der Waals surface area contributed by atoms with Gasteiger partial charge in [-0.1, -0.05) is 19.6 Å². The van der Waals surface area contributed by atoms with Crippen molar-refractivity contribution in [2.75, 3.05) is 19.7 Å². The van der Waals surface area contributed by atoms with Gasteiger partial charge >= 0.3 is 6.09 Å². The van der Waals surface area contributed by atoms with Gasteiger partial charge in [-0.25, -0.2) is 4.79 Å². The third-order valence-corrected chi connectivity index (χ3v) is 2.37. The molecule has 0 bridgehead atoms. The van der Waals surface area contributed by atoms with Crippen LogP contribution in [0.3, 0.4) is 0 Å². The number of piperidine rings is 1. The Labute approximate surface area is 79.4 Å². The monoisotopic (exact) mass is 183 g/mol. The van der Waals surface area contributed by atoms with Crippen molar-refractivity contribution in [3.63, 3.8) is 0 Å². The highest BCUT2D eigenvalue weighted by molar-refractivity contribution is 5.67. The molecule has 0 N–H and O–H groups in total. The van der Waals surface area contributed by atoms with Gasteiger partial charge in [-0.3, -0.25) is 0 Å². The summed E-state index contributed by atoms with van der Waals surface area (Å²) in [6.07, 6.45) is 3.56. The van der Waals surface area contributed by atoms with Crippen molar-refractivity contribution in [1.29, 1.82) is 0 Å². The molecule has 0 spiro atoms. The van der Waals surface area contributed by atoms with Gasteiger partial charge in [0, 0.05) is 13.1 Å². The zero-order valence-electron chi connectivity index (χ0n) is 8.16. The van der Waals surface area contributed by atoms with E-state index >= 15 is 0 Å². The average Bonchev–Trinajstić information content (AvgIpc) is 2.15. The molecule has 0 saturated carbocycles. The Morgan fingerprint density at radius 1 is 1.62 bits per heavy atom. The molecule has 0 aliphatic carbocycles. The van der Waals surface area contributed by atoms with E-state index in [-0.39, 0.29) is 6.09 Å². The fraction of sp³-hybridized carbons (Fsp3) is 0.700. The summed E-state index contributed by atoms with van der Waals surface area (Å²) >= 11 is 0. The Kier molecular flexibility index (Phi) is 3.80. The van der Waals surface area contributed by atoms with E-state index in [1.54, 1.807) is 11.0 Å². The van der Waals surface area contributed by atoms with Crippen molar-refractivity contribution in [2.45, 2.75) is 19.8 Å². The molecular formula is C10H17NO2. The molecule has 74 valence electrons. The van der Waals surface area contributed by atoms with E-state index < -0.39 is 0 Å². The van der Waals surface area contributed by atoms with E-state index in [0.717, 1.165) is 31.8 Å². The molecule has 3 nitrogen and oxygen atoms in total. The van der Waals surface area contributed by atoms with Gasteiger partial charge in [0.15, 0.2) is 0 Å². The summed E-state index contributed by atoms with van der Waals surface area (Å²) in [6, 6.07) is 0. The molecule has 0 aromatic carbocycles. The second-order valence-corrected chi connectivity index (χ2v) is 3.54. The zero-order valence-corrected chi connectivity index (χ0v) is 8.16. The zero-order chi connectivity index (χ0) is 9.68. The van der Waals surface area contributed by atoms with Crippen LogP contribution >= 0.6 is 0 Å². The number of rotatable bonds is 2. The van der Waals surface area contributed by atoms with Crippen LogP contribution in [0.4, 0.5) is 4.79 Å². The highest BCUT2D eigenvalue weighted by atomic mass is 16.6. The number of likely N-dealkylation sites (tertiary alicyclic amines) is 1. The van der Waals surface area contributed by atoms with Crippen LogP contribution in [0.5, 0.6) is 0 Å². The molecule has 13 heavy (non-hydrogen) atoms. The predicted octanol–water partition coefficient (Wildman–Crippen LogP) is 2.04. The van der Waals surface area contributed by atoms with Gasteiger partial charge in [0.05, 0.1) is 0 Å². The average molecular weight is 183 g/mol. The van der Waals surface area contributed by atoms with Gasteiger partial charge in [-0.05, 0) is 18.8 Å². The van der Waals surface area contributed by atoms with Gasteiger partial charge in [0.2, 0.25) is 0 Å². The molecule has 1 saturated heterocycles. The van der Waals surface area contributed by atoms with Crippen LogP contribution in [0.2, 0.25) is 0 Å². The smallest absolute Gasteiger partial charge is 0.410 e. The molecule has 0 aromatic heterocycles. The van der Waals surface area contributed by atoms with E-state index in [9.17, 15) is 4.79 Å². The van der Waals surface area contributed by atoms with E-state index in [0.29, 0.717) is 6.61 Å². The topological polar surface area (TPSA) is 29.5 Å². The highest BCUT2D eigenvalue weighted by Crippen LogP contribution is 2.16. The summed E-state index contributed by atoms with van der Waals surface area (Å²) in [7, 11) is 0. The Balaban J connectivity index is 2.27. The van der Waals surface area contributed by atoms with Gasteiger partial charge < -0.3 is 9.64 Å². The Morgan fingerprint density at radius 3 is 2.77 bits per heavy atom. The second kappa shape index (κ2) is 4.90. The molecule has 1 fully saturated rings. The molecule has 1 rings (SSSR count). The molecule has 1 heterocycles. The molecule has 0 radical (unpaired) electrons. The van der Waals surface area contributed by atoms with Crippen LogP contribution in [-0.2, 0) is 4.74 Å². The lowest BCUT2D eigenvalue weighted by molar-refractivity contribution is 0.0979. The summed E-state index contributed by atoms with van der Waals surface area (Å²) in [5.41, 5.74) is 0. The summed E-state index contributed by atoms with van der Waals surface area (Å²) in [6.45, 7) is 7.68. The standard InChI is InChI=1S/C10H17NO2/c1-3-8-13-10(12)11-6-4-9(2)5-7-11/h3,9H,1,4-8H2,2H3. The number of nitrogens with zero attached hydrogens (tertiary/aromatic N) is 1. The largest absolute Gasteiger partial charge is 0.445 e. The summed E-state index contributed by atoms with van der Waals surface area (Å²) in [4.78, 5) is 13.1. The molecule has 1 aliphatic rings. The molecule has 0 unspecified atom stereocenters. The minimum atomic E-state index is -0.202. The van der Waals surface area contributed by atoms with E-state index in [2.05, 4.69) is 13.5 Å². The number of ether oxygens (including phenoxy) is 1. The lowest BCUT2D eigenvalue weighted by atomic mass is 10.00. The first-order chi connectivity index (χ1) is 6.24. The van der Waals surface area contributed by atoms with Gasteiger partial charge in [-0.15, -0.1) is 0 Å². The molecule has 3 heteroatoms. The normalized spacial score (nSPS) is 18.4. The highest BCUT2D eigenvalue weighted by Gasteiger charge is 2.20. The van der Waals surface area contributed by atoms with Crippen molar-refractivity contribution in [1.82, 2.24) is 4.90 Å². The lowest BCUT2D eigenvalue weighted by Gasteiger charge is -2.29. The van der Waals surface area contributed by atoms with E-state index in [1.165, 1.54) is 0 Å². The van der Waals surface area contributed by atoms with Crippen LogP contribution < -0.4 is 0 Å². The fourth-order valence-corrected chi connectivity index (χ4v) is 1.41. The van der Waals surface area contributed by atoms with Gasteiger partial charge in [0.25, 0.3) is 0 Å². The number of carbonyl (C=O) groups is 1. The van der Waals surface area contributed by atoms with Crippen LogP contribution in [-0.4, -0.2) is 30.7 Å². The van der Waals surface area contributed by atoms with Crippen molar-refractivity contribution in [3.05, 3.63) is 12.7 Å². The summed E-state index contributed by atoms with van der Waals surface area (Å²) in [5.74, 6) is 0.739. The third-order valence-electron chi connectivity index (χ3n) is 2.37. The third kappa shape index (κ3) is 3.09. The second-order valence-electron chi connectivity index (χ2n) is 3.54. The molecular weight excluding hydrogens is 166 g/mol. The number of amides is 1. The number of hydrogen-bond donors (Lipinski definition) is 0. The van der Waals surface area contributed by atoms with Gasteiger partial charge in [-0.2, -0.15) is 0 Å². The van der Waals surface area contributed by atoms with Crippen LogP contribution in [0.1, 0.15) is 19.8 Å². The van der Waals surface area contributed by atoms with Crippen molar-refractivity contribution in [2.24, 2.45) is 5.92 Å². The number of hydrogen-bond acceptors (Lipinski definition) is 2. The Hall–Kier alpha value is -0.990. The SMILES string of the molecule is C=CCOC(=O)N1CCC(C)CC1. The predicted molar refractivity (Wildman–Crippen MR) is 51.5 cm³/mol. The first-order valence-electron chi connectivity index (χ1n) is 4.76. The quantitative estimate of drug-likeness (QED) is 0.613. The molecule has 1 amide bonds.